The summed E-state index contributed by atoms with van der Waals surface area (Å²) in [6.45, 7) is 2.34. The summed E-state index contributed by atoms with van der Waals surface area (Å²) in [5.41, 5.74) is 4.68. The molecule has 2 aromatic carbocycles. The first kappa shape index (κ1) is 24.8. The highest BCUT2D eigenvalue weighted by Crippen LogP contribution is 2.44. The van der Waals surface area contributed by atoms with E-state index < -0.39 is 18.0 Å². The largest absolute Gasteiger partial charge is 0.481 e. The Balaban J connectivity index is 1.30. The summed E-state index contributed by atoms with van der Waals surface area (Å²) >= 11 is 0. The maximum Gasteiger partial charge on any atom is 0.407 e. The van der Waals surface area contributed by atoms with E-state index in [1.807, 2.05) is 24.3 Å². The van der Waals surface area contributed by atoms with E-state index in [9.17, 15) is 14.4 Å². The zero-order valence-corrected chi connectivity index (χ0v) is 20.2. The molecule has 7 nitrogen and oxygen atoms in total. The fraction of sp³-hybridized carbons (Fsp3) is 0.464. The SMILES string of the molecule is CC(CCCNC(=O)C1CCCCC1NC(=O)OCC1c2ccccc2-c2ccccc21)C(=O)O. The molecule has 1 fully saturated rings. The van der Waals surface area contributed by atoms with Crippen LogP contribution in [0.3, 0.4) is 0 Å². The molecule has 35 heavy (non-hydrogen) atoms. The Bertz CT molecular complexity index is 1020. The number of hydrogen-bond donors (Lipinski definition) is 3. The lowest BCUT2D eigenvalue weighted by atomic mass is 9.84. The number of fused-ring (bicyclic) bond motifs is 3. The normalized spacial score (nSPS) is 19.8. The van der Waals surface area contributed by atoms with Crippen LogP contribution in [-0.4, -0.2) is 42.3 Å². The molecule has 0 radical (unpaired) electrons. The van der Waals surface area contributed by atoms with Crippen LogP contribution in [0.5, 0.6) is 0 Å². The Morgan fingerprint density at radius 3 is 2.29 bits per heavy atom. The van der Waals surface area contributed by atoms with Crippen LogP contribution < -0.4 is 10.6 Å². The molecule has 0 heterocycles. The Hall–Kier alpha value is -3.35. The zero-order valence-electron chi connectivity index (χ0n) is 20.2. The maximum absolute atomic E-state index is 12.8. The van der Waals surface area contributed by atoms with Crippen molar-refractivity contribution in [2.24, 2.45) is 11.8 Å². The first-order chi connectivity index (χ1) is 17.0. The molecule has 0 spiro atoms. The van der Waals surface area contributed by atoms with Gasteiger partial charge in [-0.1, -0.05) is 68.3 Å². The van der Waals surface area contributed by atoms with Crippen LogP contribution in [0.2, 0.25) is 0 Å². The van der Waals surface area contributed by atoms with E-state index in [1.54, 1.807) is 6.92 Å². The minimum Gasteiger partial charge on any atom is -0.481 e. The van der Waals surface area contributed by atoms with Gasteiger partial charge in [-0.3, -0.25) is 9.59 Å². The van der Waals surface area contributed by atoms with Crippen molar-refractivity contribution in [1.82, 2.24) is 10.6 Å². The predicted molar refractivity (Wildman–Crippen MR) is 133 cm³/mol. The minimum absolute atomic E-state index is 0.00760. The van der Waals surface area contributed by atoms with Crippen LogP contribution in [0.4, 0.5) is 4.79 Å². The van der Waals surface area contributed by atoms with Gasteiger partial charge in [0.1, 0.15) is 6.61 Å². The van der Waals surface area contributed by atoms with Crippen LogP contribution in [0.15, 0.2) is 48.5 Å². The summed E-state index contributed by atoms with van der Waals surface area (Å²) in [4.78, 5) is 36.5. The van der Waals surface area contributed by atoms with Gasteiger partial charge in [0.25, 0.3) is 0 Å². The second-order valence-electron chi connectivity index (χ2n) is 9.64. The summed E-state index contributed by atoms with van der Waals surface area (Å²) < 4.78 is 5.68. The topological polar surface area (TPSA) is 105 Å². The molecular formula is C28H34N2O5. The lowest BCUT2D eigenvalue weighted by Gasteiger charge is -2.31. The number of aliphatic carboxylic acids is 1. The van der Waals surface area contributed by atoms with E-state index in [0.29, 0.717) is 25.8 Å². The van der Waals surface area contributed by atoms with Crippen LogP contribution in [-0.2, 0) is 14.3 Å². The molecule has 0 saturated heterocycles. The third-order valence-corrected chi connectivity index (χ3v) is 7.28. The lowest BCUT2D eigenvalue weighted by molar-refractivity contribution is -0.141. The molecule has 0 bridgehead atoms. The van der Waals surface area contributed by atoms with Gasteiger partial charge in [0.15, 0.2) is 0 Å². The summed E-state index contributed by atoms with van der Waals surface area (Å²) in [5.74, 6) is -1.65. The Morgan fingerprint density at radius 1 is 1.00 bits per heavy atom. The highest BCUT2D eigenvalue weighted by Gasteiger charge is 2.33. The summed E-state index contributed by atoms with van der Waals surface area (Å²) in [7, 11) is 0. The number of benzene rings is 2. The number of rotatable bonds is 9. The number of carboxylic acids is 1. The number of nitrogens with one attached hydrogen (secondary N) is 2. The number of hydrogen-bond acceptors (Lipinski definition) is 4. The highest BCUT2D eigenvalue weighted by atomic mass is 16.5. The fourth-order valence-electron chi connectivity index (χ4n) is 5.28. The van der Waals surface area contributed by atoms with Gasteiger partial charge in [-0.2, -0.15) is 0 Å². The molecule has 2 amide bonds. The molecule has 4 rings (SSSR count). The summed E-state index contributed by atoms with van der Waals surface area (Å²) in [6.07, 6.45) is 3.97. The van der Waals surface area contributed by atoms with E-state index in [-0.39, 0.29) is 30.4 Å². The van der Waals surface area contributed by atoms with Gasteiger partial charge in [0, 0.05) is 18.5 Å². The number of carboxylic acid groups (broad SMARTS) is 1. The standard InChI is InChI=1S/C28H34N2O5/c1-18(27(32)33)9-8-16-29-26(31)23-14-6-7-15-25(23)30-28(34)35-17-24-21-12-4-2-10-19(21)20-11-3-5-13-22(20)24/h2-5,10-13,18,23-25H,6-9,14-17H2,1H3,(H,29,31)(H,30,34)(H,32,33). The van der Waals surface area contributed by atoms with Crippen molar-refractivity contribution in [1.29, 1.82) is 0 Å². The fourth-order valence-corrected chi connectivity index (χ4v) is 5.28. The molecule has 3 N–H and O–H groups in total. The first-order valence-corrected chi connectivity index (χ1v) is 12.6. The van der Waals surface area contributed by atoms with Crippen molar-refractivity contribution >= 4 is 18.0 Å². The molecule has 3 atom stereocenters. The number of amides is 2. The molecule has 2 aliphatic rings. The smallest absolute Gasteiger partial charge is 0.407 e. The average molecular weight is 479 g/mol. The quantitative estimate of drug-likeness (QED) is 0.453. The average Bonchev–Trinajstić information content (AvgIpc) is 3.19. The molecule has 0 aromatic heterocycles. The van der Waals surface area contributed by atoms with Gasteiger partial charge in [0.05, 0.1) is 11.8 Å². The van der Waals surface area contributed by atoms with Crippen molar-refractivity contribution in [3.05, 3.63) is 59.7 Å². The predicted octanol–water partition coefficient (Wildman–Crippen LogP) is 4.70. The molecule has 2 aliphatic carbocycles. The van der Waals surface area contributed by atoms with Crippen molar-refractivity contribution in [2.45, 2.75) is 57.4 Å². The Morgan fingerprint density at radius 2 is 1.63 bits per heavy atom. The molecule has 186 valence electrons. The van der Waals surface area contributed by atoms with Crippen LogP contribution in [0.1, 0.15) is 62.5 Å². The summed E-state index contributed by atoms with van der Waals surface area (Å²) in [5, 5.41) is 14.9. The lowest BCUT2D eigenvalue weighted by Crippen LogP contribution is -2.48. The Labute approximate surface area is 206 Å². The molecule has 3 unspecified atom stereocenters. The second-order valence-corrected chi connectivity index (χ2v) is 9.64. The molecule has 0 aliphatic heterocycles. The van der Waals surface area contributed by atoms with Gasteiger partial charge in [0.2, 0.25) is 5.91 Å². The van der Waals surface area contributed by atoms with Crippen molar-refractivity contribution in [2.75, 3.05) is 13.2 Å². The number of carbonyl (C=O) groups is 3. The van der Waals surface area contributed by atoms with Crippen molar-refractivity contribution in [3.8, 4) is 11.1 Å². The van der Waals surface area contributed by atoms with Crippen molar-refractivity contribution in [3.63, 3.8) is 0 Å². The number of carbonyl (C=O) groups excluding carboxylic acids is 2. The third kappa shape index (κ3) is 5.84. The molecule has 2 aromatic rings. The monoisotopic (exact) mass is 478 g/mol. The van der Waals surface area contributed by atoms with Gasteiger partial charge in [-0.05, 0) is 47.9 Å². The second kappa shape index (κ2) is 11.4. The van der Waals surface area contributed by atoms with Gasteiger partial charge in [-0.25, -0.2) is 4.79 Å². The minimum atomic E-state index is -0.823. The highest BCUT2D eigenvalue weighted by molar-refractivity contribution is 5.81. The van der Waals surface area contributed by atoms with Gasteiger partial charge < -0.3 is 20.5 Å². The zero-order chi connectivity index (χ0) is 24.8. The third-order valence-electron chi connectivity index (χ3n) is 7.28. The Kier molecular flexibility index (Phi) is 8.06. The van der Waals surface area contributed by atoms with E-state index in [2.05, 4.69) is 34.9 Å². The molecular weight excluding hydrogens is 444 g/mol. The number of alkyl carbamates (subject to hydrolysis) is 1. The van der Waals surface area contributed by atoms with Gasteiger partial charge >= 0.3 is 12.1 Å². The first-order valence-electron chi connectivity index (χ1n) is 12.6. The van der Waals surface area contributed by atoms with E-state index in [4.69, 9.17) is 9.84 Å². The van der Waals surface area contributed by atoms with E-state index >= 15 is 0 Å². The van der Waals surface area contributed by atoms with E-state index in [1.165, 1.54) is 11.1 Å². The summed E-state index contributed by atoms with van der Waals surface area (Å²) in [6, 6.07) is 16.1. The van der Waals surface area contributed by atoms with Crippen LogP contribution >= 0.6 is 0 Å². The molecule has 7 heteroatoms. The number of ether oxygens (including phenoxy) is 1. The van der Waals surface area contributed by atoms with Crippen molar-refractivity contribution < 1.29 is 24.2 Å². The molecule has 1 saturated carbocycles. The van der Waals surface area contributed by atoms with Crippen LogP contribution in [0.25, 0.3) is 11.1 Å². The van der Waals surface area contributed by atoms with E-state index in [0.717, 1.165) is 30.4 Å². The van der Waals surface area contributed by atoms with Gasteiger partial charge in [-0.15, -0.1) is 0 Å². The maximum atomic E-state index is 12.8. The van der Waals surface area contributed by atoms with Crippen LogP contribution in [0, 0.1) is 11.8 Å².